The van der Waals surface area contributed by atoms with E-state index in [9.17, 15) is 13.2 Å². The predicted molar refractivity (Wildman–Crippen MR) is 120 cm³/mol. The number of hydrogen-bond acceptors (Lipinski definition) is 3. The highest BCUT2D eigenvalue weighted by Gasteiger charge is 2.14. The van der Waals surface area contributed by atoms with Crippen LogP contribution in [-0.2, 0) is 10.0 Å². The van der Waals surface area contributed by atoms with Crippen molar-refractivity contribution in [2.45, 2.75) is 11.8 Å². The van der Waals surface area contributed by atoms with Gasteiger partial charge < -0.3 is 5.32 Å². The molecule has 0 heterocycles. The largest absolute Gasteiger partial charge is 0.322 e. The number of carbonyl (C=O) groups is 1. The van der Waals surface area contributed by atoms with Gasteiger partial charge >= 0.3 is 0 Å². The van der Waals surface area contributed by atoms with Gasteiger partial charge in [0.25, 0.3) is 15.9 Å². The van der Waals surface area contributed by atoms with E-state index in [0.717, 1.165) is 16.3 Å². The standard InChI is InChI=1S/C24H20N2O3S/c1-17-6-14-23(15-7-17)30(28,29)26-22-12-10-21(11-13-22)25-24(27)20-9-8-18-4-2-3-5-19(18)16-20/h2-16,26H,1H3,(H,25,27). The van der Waals surface area contributed by atoms with E-state index in [2.05, 4.69) is 10.0 Å². The molecule has 0 saturated heterocycles. The minimum atomic E-state index is -3.67. The van der Waals surface area contributed by atoms with E-state index >= 15 is 0 Å². The Morgan fingerprint density at radius 1 is 0.733 bits per heavy atom. The van der Waals surface area contributed by atoms with Crippen LogP contribution in [0.3, 0.4) is 0 Å². The monoisotopic (exact) mass is 416 g/mol. The Morgan fingerprint density at radius 2 is 1.37 bits per heavy atom. The molecule has 0 unspecified atom stereocenters. The molecule has 4 rings (SSSR count). The summed E-state index contributed by atoms with van der Waals surface area (Å²) in [4.78, 5) is 12.8. The van der Waals surface area contributed by atoms with Crippen LogP contribution in [0.15, 0.2) is 95.9 Å². The van der Waals surface area contributed by atoms with Gasteiger partial charge in [-0.1, -0.05) is 48.0 Å². The van der Waals surface area contributed by atoms with Crippen LogP contribution >= 0.6 is 0 Å². The summed E-state index contributed by atoms with van der Waals surface area (Å²) in [7, 11) is -3.67. The van der Waals surface area contributed by atoms with Crippen molar-refractivity contribution in [3.05, 3.63) is 102 Å². The number of nitrogens with one attached hydrogen (secondary N) is 2. The third kappa shape index (κ3) is 4.34. The van der Waals surface area contributed by atoms with E-state index in [4.69, 9.17) is 0 Å². The number of anilines is 2. The number of aryl methyl sites for hydroxylation is 1. The average Bonchev–Trinajstić information content (AvgIpc) is 2.75. The van der Waals surface area contributed by atoms with Crippen molar-refractivity contribution in [2.24, 2.45) is 0 Å². The lowest BCUT2D eigenvalue weighted by Gasteiger charge is -2.10. The normalized spacial score (nSPS) is 11.2. The zero-order valence-electron chi connectivity index (χ0n) is 16.3. The van der Waals surface area contributed by atoms with E-state index in [1.807, 2.05) is 43.3 Å². The second kappa shape index (κ2) is 8.00. The summed E-state index contributed by atoms with van der Waals surface area (Å²) in [5.74, 6) is -0.228. The Morgan fingerprint density at radius 3 is 2.07 bits per heavy atom. The Labute approximate surface area is 175 Å². The zero-order chi connectivity index (χ0) is 21.1. The van der Waals surface area contributed by atoms with Crippen LogP contribution < -0.4 is 10.0 Å². The Hall–Kier alpha value is -3.64. The molecule has 6 heteroatoms. The van der Waals surface area contributed by atoms with E-state index in [0.29, 0.717) is 16.9 Å². The smallest absolute Gasteiger partial charge is 0.261 e. The highest BCUT2D eigenvalue weighted by Crippen LogP contribution is 2.20. The van der Waals surface area contributed by atoms with Crippen molar-refractivity contribution in [3.63, 3.8) is 0 Å². The highest BCUT2D eigenvalue weighted by atomic mass is 32.2. The molecule has 0 atom stereocenters. The SMILES string of the molecule is Cc1ccc(S(=O)(=O)Nc2ccc(NC(=O)c3ccc4ccccc4c3)cc2)cc1. The van der Waals surface area contributed by atoms with Crippen LogP contribution in [0.25, 0.3) is 10.8 Å². The Balaban J connectivity index is 1.46. The van der Waals surface area contributed by atoms with Crippen molar-refractivity contribution in [1.82, 2.24) is 0 Å². The molecule has 4 aromatic carbocycles. The summed E-state index contributed by atoms with van der Waals surface area (Å²) in [5, 5.41) is 4.90. The number of fused-ring (bicyclic) bond motifs is 1. The lowest BCUT2D eigenvalue weighted by Crippen LogP contribution is -2.13. The van der Waals surface area contributed by atoms with Gasteiger partial charge in [-0.3, -0.25) is 9.52 Å². The van der Waals surface area contributed by atoms with Crippen molar-refractivity contribution >= 4 is 38.1 Å². The highest BCUT2D eigenvalue weighted by molar-refractivity contribution is 7.92. The maximum atomic E-state index is 12.6. The number of amides is 1. The van der Waals surface area contributed by atoms with E-state index < -0.39 is 10.0 Å². The van der Waals surface area contributed by atoms with Crippen LogP contribution in [0, 0.1) is 6.92 Å². The van der Waals surface area contributed by atoms with Gasteiger partial charge in [0.15, 0.2) is 0 Å². The van der Waals surface area contributed by atoms with Crippen molar-refractivity contribution in [3.8, 4) is 0 Å². The molecule has 1 amide bonds. The second-order valence-electron chi connectivity index (χ2n) is 7.01. The summed E-state index contributed by atoms with van der Waals surface area (Å²) >= 11 is 0. The topological polar surface area (TPSA) is 75.3 Å². The molecule has 0 aromatic heterocycles. The second-order valence-corrected chi connectivity index (χ2v) is 8.69. The summed E-state index contributed by atoms with van der Waals surface area (Å²) in [5.41, 5.74) is 2.53. The number of carbonyl (C=O) groups excluding carboxylic acids is 1. The molecule has 0 aliphatic rings. The summed E-state index contributed by atoms with van der Waals surface area (Å²) in [6, 6.07) is 26.5. The van der Waals surface area contributed by atoms with Gasteiger partial charge in [-0.15, -0.1) is 0 Å². The molecule has 0 fully saturated rings. The summed E-state index contributed by atoms with van der Waals surface area (Å²) in [6.07, 6.45) is 0. The first kappa shape index (κ1) is 19.7. The average molecular weight is 417 g/mol. The molecule has 0 spiro atoms. The number of hydrogen-bond donors (Lipinski definition) is 2. The molecule has 0 bridgehead atoms. The Kier molecular flexibility index (Phi) is 5.25. The minimum Gasteiger partial charge on any atom is -0.322 e. The van der Waals surface area contributed by atoms with Gasteiger partial charge in [0, 0.05) is 16.9 Å². The first-order chi connectivity index (χ1) is 14.4. The number of sulfonamides is 1. The Bertz CT molecular complexity index is 1310. The van der Waals surface area contributed by atoms with Crippen LogP contribution in [0.4, 0.5) is 11.4 Å². The lowest BCUT2D eigenvalue weighted by atomic mass is 10.1. The lowest BCUT2D eigenvalue weighted by molar-refractivity contribution is 0.102. The van der Waals surface area contributed by atoms with Crippen molar-refractivity contribution in [2.75, 3.05) is 10.0 Å². The van der Waals surface area contributed by atoms with Crippen LogP contribution in [0.5, 0.6) is 0 Å². The number of rotatable bonds is 5. The molecule has 0 aliphatic heterocycles. The van der Waals surface area contributed by atoms with Gasteiger partial charge in [0.1, 0.15) is 0 Å². The molecular weight excluding hydrogens is 396 g/mol. The first-order valence-corrected chi connectivity index (χ1v) is 10.9. The maximum absolute atomic E-state index is 12.6. The fraction of sp³-hybridized carbons (Fsp3) is 0.0417. The maximum Gasteiger partial charge on any atom is 0.261 e. The van der Waals surface area contributed by atoms with E-state index in [1.54, 1.807) is 54.6 Å². The van der Waals surface area contributed by atoms with Crippen molar-refractivity contribution < 1.29 is 13.2 Å². The number of benzene rings is 4. The predicted octanol–water partition coefficient (Wildman–Crippen LogP) is 5.20. The van der Waals surface area contributed by atoms with Gasteiger partial charge in [-0.2, -0.15) is 0 Å². The molecule has 0 saturated carbocycles. The fourth-order valence-corrected chi connectivity index (χ4v) is 4.15. The fourth-order valence-electron chi connectivity index (χ4n) is 3.09. The molecule has 30 heavy (non-hydrogen) atoms. The first-order valence-electron chi connectivity index (χ1n) is 9.40. The molecule has 0 aliphatic carbocycles. The molecule has 5 nitrogen and oxygen atoms in total. The summed E-state index contributed by atoms with van der Waals surface area (Å²) < 4.78 is 27.5. The van der Waals surface area contributed by atoms with Gasteiger partial charge in [0.2, 0.25) is 0 Å². The molecule has 150 valence electrons. The minimum absolute atomic E-state index is 0.196. The van der Waals surface area contributed by atoms with Gasteiger partial charge in [-0.05, 0) is 66.2 Å². The van der Waals surface area contributed by atoms with Gasteiger partial charge in [0.05, 0.1) is 4.90 Å². The zero-order valence-corrected chi connectivity index (χ0v) is 17.1. The quantitative estimate of drug-likeness (QED) is 0.469. The van der Waals surface area contributed by atoms with E-state index in [-0.39, 0.29) is 10.8 Å². The van der Waals surface area contributed by atoms with Gasteiger partial charge in [-0.25, -0.2) is 8.42 Å². The van der Waals surface area contributed by atoms with E-state index in [1.165, 1.54) is 0 Å². The third-order valence-electron chi connectivity index (χ3n) is 4.74. The van der Waals surface area contributed by atoms with Crippen molar-refractivity contribution in [1.29, 1.82) is 0 Å². The molecule has 0 radical (unpaired) electrons. The molecular formula is C24H20N2O3S. The van der Waals surface area contributed by atoms with Crippen LogP contribution in [-0.4, -0.2) is 14.3 Å². The van der Waals surface area contributed by atoms with Crippen LogP contribution in [0.2, 0.25) is 0 Å². The molecule has 2 N–H and O–H groups in total. The van der Waals surface area contributed by atoms with Crippen LogP contribution in [0.1, 0.15) is 15.9 Å². The third-order valence-corrected chi connectivity index (χ3v) is 6.14. The molecule has 4 aromatic rings. The summed E-state index contributed by atoms with van der Waals surface area (Å²) in [6.45, 7) is 1.90.